The van der Waals surface area contributed by atoms with Crippen molar-refractivity contribution in [3.8, 4) is 0 Å². The molecule has 29 heavy (non-hydrogen) atoms. The van der Waals surface area contributed by atoms with E-state index in [9.17, 15) is 9.90 Å². The summed E-state index contributed by atoms with van der Waals surface area (Å²) in [7, 11) is 1.96. The number of rotatable bonds is 16. The molecule has 0 aliphatic rings. The molecule has 0 spiro atoms. The number of nitrogens with zero attached hydrogens (tertiary/aromatic N) is 2. The molecule has 0 saturated carbocycles. The van der Waals surface area contributed by atoms with Gasteiger partial charge in [-0.3, -0.25) is 9.78 Å². The fraction of sp³-hybridized carbons (Fsp3) is 0.667. The summed E-state index contributed by atoms with van der Waals surface area (Å²) >= 11 is 0. The molecule has 0 aliphatic carbocycles. The SMILES string of the molecule is C=C=CC(C)CNc1nnc(NCC(O)CC(=O)CCC[Si](OC)(OC)OC)[nH]1. The van der Waals surface area contributed by atoms with E-state index in [1.807, 2.05) is 13.0 Å². The molecule has 0 aromatic carbocycles. The van der Waals surface area contributed by atoms with Crippen molar-refractivity contribution in [2.75, 3.05) is 45.1 Å². The van der Waals surface area contributed by atoms with E-state index >= 15 is 0 Å². The Bertz CT molecular complexity index is 653. The van der Waals surface area contributed by atoms with Crippen LogP contribution in [-0.4, -0.2) is 75.4 Å². The van der Waals surface area contributed by atoms with Crippen LogP contribution < -0.4 is 10.6 Å². The highest BCUT2D eigenvalue weighted by Crippen LogP contribution is 2.17. The molecule has 2 atom stereocenters. The first-order chi connectivity index (χ1) is 13.9. The van der Waals surface area contributed by atoms with Crippen LogP contribution in [0.2, 0.25) is 6.04 Å². The maximum atomic E-state index is 12.1. The summed E-state index contributed by atoms with van der Waals surface area (Å²) in [5, 5.41) is 24.0. The van der Waals surface area contributed by atoms with Crippen molar-refractivity contribution in [2.45, 2.75) is 38.3 Å². The van der Waals surface area contributed by atoms with Crippen molar-refractivity contribution in [1.82, 2.24) is 15.2 Å². The molecule has 1 heterocycles. The quantitative estimate of drug-likeness (QED) is 0.229. The van der Waals surface area contributed by atoms with Crippen LogP contribution in [0, 0.1) is 5.92 Å². The van der Waals surface area contributed by atoms with E-state index in [-0.39, 0.29) is 24.7 Å². The largest absolute Gasteiger partial charge is 0.500 e. The number of hydrogen-bond acceptors (Lipinski definition) is 9. The predicted molar refractivity (Wildman–Crippen MR) is 113 cm³/mol. The Morgan fingerprint density at radius 2 is 1.83 bits per heavy atom. The highest BCUT2D eigenvalue weighted by atomic mass is 28.4. The zero-order chi connectivity index (χ0) is 21.7. The first-order valence-corrected chi connectivity index (χ1v) is 11.4. The summed E-state index contributed by atoms with van der Waals surface area (Å²) in [4.78, 5) is 15.0. The Balaban J connectivity index is 2.30. The lowest BCUT2D eigenvalue weighted by molar-refractivity contribution is -0.120. The molecule has 10 nitrogen and oxygen atoms in total. The molecule has 0 aliphatic heterocycles. The average Bonchev–Trinajstić information content (AvgIpc) is 3.17. The van der Waals surface area contributed by atoms with E-state index in [0.29, 0.717) is 37.3 Å². The number of aliphatic hydroxyl groups is 1. The second-order valence-corrected chi connectivity index (χ2v) is 9.77. The first-order valence-electron chi connectivity index (χ1n) is 9.49. The lowest BCUT2D eigenvalue weighted by Gasteiger charge is -2.24. The summed E-state index contributed by atoms with van der Waals surface area (Å²) in [5.74, 6) is 1.16. The maximum absolute atomic E-state index is 12.1. The highest BCUT2D eigenvalue weighted by molar-refractivity contribution is 6.60. The minimum Gasteiger partial charge on any atom is -0.391 e. The van der Waals surface area contributed by atoms with Crippen molar-refractivity contribution >= 4 is 26.5 Å². The van der Waals surface area contributed by atoms with Gasteiger partial charge in [0.1, 0.15) is 5.78 Å². The van der Waals surface area contributed by atoms with Crippen LogP contribution >= 0.6 is 0 Å². The zero-order valence-electron chi connectivity index (χ0n) is 17.7. The Labute approximate surface area is 173 Å². The molecule has 0 bridgehead atoms. The van der Waals surface area contributed by atoms with Crippen molar-refractivity contribution in [3.05, 3.63) is 18.4 Å². The third-order valence-corrected chi connectivity index (χ3v) is 7.15. The van der Waals surface area contributed by atoms with Gasteiger partial charge in [-0.25, -0.2) is 0 Å². The van der Waals surface area contributed by atoms with Gasteiger partial charge in [-0.15, -0.1) is 15.9 Å². The van der Waals surface area contributed by atoms with Crippen LogP contribution in [0.3, 0.4) is 0 Å². The van der Waals surface area contributed by atoms with Crippen molar-refractivity contribution in [3.63, 3.8) is 0 Å². The van der Waals surface area contributed by atoms with Crippen LogP contribution in [0.15, 0.2) is 18.4 Å². The summed E-state index contributed by atoms with van der Waals surface area (Å²) in [5.41, 5.74) is 2.74. The lowest BCUT2D eigenvalue weighted by atomic mass is 10.1. The number of aromatic nitrogens is 3. The molecule has 164 valence electrons. The predicted octanol–water partition coefficient (Wildman–Crippen LogP) is 1.58. The molecule has 0 fully saturated rings. The van der Waals surface area contributed by atoms with Gasteiger partial charge >= 0.3 is 8.80 Å². The van der Waals surface area contributed by atoms with Gasteiger partial charge in [-0.2, -0.15) is 0 Å². The number of H-pyrrole nitrogens is 1. The summed E-state index contributed by atoms with van der Waals surface area (Å²) < 4.78 is 16.0. The molecule has 11 heteroatoms. The molecule has 1 aromatic rings. The molecule has 0 radical (unpaired) electrons. The standard InChI is InChI=1S/C18H33N5O5Si/c1-6-8-14(2)12-19-17-21-18(23-22-17)20-13-16(25)11-15(24)9-7-10-29(26-3,27-4)28-5/h8,14,16,25H,1,7,9-13H2,2-5H3,(H3,19,20,21,22,23). The lowest BCUT2D eigenvalue weighted by Crippen LogP contribution is -2.42. The highest BCUT2D eigenvalue weighted by Gasteiger charge is 2.37. The summed E-state index contributed by atoms with van der Waals surface area (Å²) in [6, 6.07) is 0.547. The normalized spacial score (nSPS) is 13.4. The first kappa shape index (κ1) is 25.0. The number of anilines is 2. The number of aliphatic hydroxyl groups excluding tert-OH is 1. The number of ketones is 1. The van der Waals surface area contributed by atoms with E-state index in [2.05, 4.69) is 38.1 Å². The van der Waals surface area contributed by atoms with Crippen LogP contribution in [0.1, 0.15) is 26.2 Å². The number of carbonyl (C=O) groups excluding carboxylic acids is 1. The van der Waals surface area contributed by atoms with Gasteiger partial charge in [0.25, 0.3) is 0 Å². The maximum Gasteiger partial charge on any atom is 0.500 e. The molecule has 1 aromatic heterocycles. The van der Waals surface area contributed by atoms with E-state index in [1.165, 1.54) is 0 Å². The zero-order valence-corrected chi connectivity index (χ0v) is 18.7. The molecule has 4 N–H and O–H groups in total. The fourth-order valence-electron chi connectivity index (χ4n) is 2.65. The van der Waals surface area contributed by atoms with E-state index in [0.717, 1.165) is 0 Å². The fourth-order valence-corrected chi connectivity index (χ4v) is 4.37. The van der Waals surface area contributed by atoms with Gasteiger partial charge in [-0.05, 0) is 18.4 Å². The third-order valence-electron chi connectivity index (χ3n) is 4.32. The van der Waals surface area contributed by atoms with Crippen LogP contribution in [0.5, 0.6) is 0 Å². The Kier molecular flexibility index (Phi) is 11.4. The Morgan fingerprint density at radius 1 is 1.24 bits per heavy atom. The molecular weight excluding hydrogens is 394 g/mol. The minimum absolute atomic E-state index is 0.0327. The van der Waals surface area contributed by atoms with Crippen molar-refractivity contribution < 1.29 is 23.2 Å². The number of Topliss-reactive ketones (excluding diaryl/α,β-unsaturated/α-hetero) is 1. The van der Waals surface area contributed by atoms with Crippen LogP contribution in [-0.2, 0) is 18.1 Å². The monoisotopic (exact) mass is 427 g/mol. The van der Waals surface area contributed by atoms with Gasteiger partial charge in [-0.1, -0.05) is 13.5 Å². The van der Waals surface area contributed by atoms with Gasteiger partial charge in [0.05, 0.1) is 6.10 Å². The number of hydrogen-bond donors (Lipinski definition) is 4. The number of nitrogens with one attached hydrogen (secondary N) is 3. The van der Waals surface area contributed by atoms with Gasteiger partial charge in [0, 0.05) is 53.3 Å². The molecule has 0 amide bonds. The average molecular weight is 428 g/mol. The van der Waals surface area contributed by atoms with Gasteiger partial charge < -0.3 is 29.0 Å². The topological polar surface area (TPSA) is 131 Å². The smallest absolute Gasteiger partial charge is 0.391 e. The molecule has 0 saturated heterocycles. The van der Waals surface area contributed by atoms with E-state index in [4.69, 9.17) is 13.3 Å². The molecular formula is C18H33N5O5Si. The molecule has 1 rings (SSSR count). The Morgan fingerprint density at radius 3 is 2.38 bits per heavy atom. The second kappa shape index (κ2) is 13.3. The van der Waals surface area contributed by atoms with Gasteiger partial charge in [0.2, 0.25) is 11.9 Å². The number of aromatic amines is 1. The van der Waals surface area contributed by atoms with Gasteiger partial charge in [0.15, 0.2) is 0 Å². The Hall–Kier alpha value is -2.01. The molecule has 2 unspecified atom stereocenters. The summed E-state index contributed by atoms with van der Waals surface area (Å²) in [6.45, 7) is 6.41. The van der Waals surface area contributed by atoms with Crippen molar-refractivity contribution in [1.29, 1.82) is 0 Å². The van der Waals surface area contributed by atoms with Crippen molar-refractivity contribution in [2.24, 2.45) is 5.92 Å². The second-order valence-electron chi connectivity index (χ2n) is 6.68. The number of carbonyl (C=O) groups is 1. The summed E-state index contributed by atoms with van der Waals surface area (Å²) in [6.07, 6.45) is 2.00. The third kappa shape index (κ3) is 9.35. The van der Waals surface area contributed by atoms with E-state index in [1.54, 1.807) is 21.3 Å². The van der Waals surface area contributed by atoms with E-state index < -0.39 is 14.9 Å². The van der Waals surface area contributed by atoms with Crippen LogP contribution in [0.4, 0.5) is 11.9 Å². The van der Waals surface area contributed by atoms with Crippen LogP contribution in [0.25, 0.3) is 0 Å². The minimum atomic E-state index is -2.66.